The molecule has 16 heavy (non-hydrogen) atoms. The molecule has 83 valence electrons. The van der Waals surface area contributed by atoms with Crippen LogP contribution in [0.1, 0.15) is 17.0 Å². The third kappa shape index (κ3) is 1.15. The number of hydrogen-bond acceptors (Lipinski definition) is 1. The monoisotopic (exact) mass is 235 g/mol. The Bertz CT molecular complexity index is 562. The average Bonchev–Trinajstić information content (AvgIpc) is 2.82. The van der Waals surface area contributed by atoms with Crippen LogP contribution in [0.15, 0.2) is 12.3 Å². The Hall–Kier alpha value is -1.35. The number of nitrogens with zero attached hydrogens (tertiary/aromatic N) is 1. The molecule has 2 aromatic rings. The third-order valence-electron chi connectivity index (χ3n) is 3.23. The number of H-pyrrole nitrogens is 1. The number of benzene rings is 1. The molecule has 3 nitrogen and oxygen atoms in total. The molecule has 0 saturated carbocycles. The number of halogens is 1. The molecule has 1 radical (unpaired) electrons. The lowest BCUT2D eigenvalue weighted by atomic mass is 9.97. The highest BCUT2D eigenvalue weighted by atomic mass is 35.5. The smallest absolute Gasteiger partial charge is 0.141 e. The summed E-state index contributed by atoms with van der Waals surface area (Å²) in [6.45, 7) is 2.75. The standard InChI is InChI=1S/C12H12ClN2O/c1-6-4-15-12-9(16)2-8-11(10(6)12)7(3-13)5-14-8/h2,4,7,15-16H,3,5H2,1H3. The molecule has 1 aliphatic rings. The van der Waals surface area contributed by atoms with Crippen LogP contribution in [-0.4, -0.2) is 22.5 Å². The minimum absolute atomic E-state index is 0.265. The van der Waals surface area contributed by atoms with Crippen LogP contribution in [0.5, 0.6) is 5.75 Å². The highest BCUT2D eigenvalue weighted by Gasteiger charge is 2.27. The van der Waals surface area contributed by atoms with E-state index in [0.717, 1.165) is 28.7 Å². The highest BCUT2D eigenvalue weighted by Crippen LogP contribution is 2.43. The molecule has 0 fully saturated rings. The first-order chi connectivity index (χ1) is 7.72. The van der Waals surface area contributed by atoms with Crippen LogP contribution in [0.25, 0.3) is 10.9 Å². The summed E-state index contributed by atoms with van der Waals surface area (Å²) in [5.74, 6) is 1.11. The summed E-state index contributed by atoms with van der Waals surface area (Å²) in [6.07, 6.45) is 1.91. The molecule has 0 spiro atoms. The lowest BCUT2D eigenvalue weighted by Crippen LogP contribution is -2.02. The molecule has 0 amide bonds. The van der Waals surface area contributed by atoms with Gasteiger partial charge in [0.05, 0.1) is 11.2 Å². The number of aryl methyl sites for hydroxylation is 1. The maximum absolute atomic E-state index is 9.88. The molecule has 1 aliphatic heterocycles. The quantitative estimate of drug-likeness (QED) is 0.734. The normalized spacial score (nSPS) is 18.8. The number of hydrogen-bond donors (Lipinski definition) is 2. The number of rotatable bonds is 1. The Balaban J connectivity index is 2.40. The predicted octanol–water partition coefficient (Wildman–Crippen LogP) is 2.75. The van der Waals surface area contributed by atoms with E-state index in [1.54, 1.807) is 6.07 Å². The van der Waals surface area contributed by atoms with Crippen LogP contribution in [0.4, 0.5) is 5.69 Å². The topological polar surface area (TPSA) is 50.1 Å². The van der Waals surface area contributed by atoms with Crippen molar-refractivity contribution in [1.29, 1.82) is 0 Å². The number of phenols is 1. The number of nitrogens with one attached hydrogen (secondary N) is 1. The molecule has 0 aliphatic carbocycles. The summed E-state index contributed by atoms with van der Waals surface area (Å²) in [4.78, 5) is 3.10. The number of aromatic amines is 1. The summed E-state index contributed by atoms with van der Waals surface area (Å²) in [5, 5.41) is 15.4. The second kappa shape index (κ2) is 3.32. The van der Waals surface area contributed by atoms with E-state index in [4.69, 9.17) is 11.6 Å². The molecule has 3 rings (SSSR count). The fraction of sp³-hybridized carbons (Fsp3) is 0.333. The fourth-order valence-electron chi connectivity index (χ4n) is 2.45. The Morgan fingerprint density at radius 1 is 1.62 bits per heavy atom. The molecule has 0 saturated heterocycles. The Morgan fingerprint density at radius 3 is 3.19 bits per heavy atom. The Kier molecular flexibility index (Phi) is 2.04. The van der Waals surface area contributed by atoms with Crippen LogP contribution < -0.4 is 5.32 Å². The number of phenolic OH excluding ortho intramolecular Hbond substituents is 1. The first kappa shape index (κ1) is 9.85. The molecule has 1 unspecified atom stereocenters. The van der Waals surface area contributed by atoms with E-state index in [1.807, 2.05) is 13.1 Å². The maximum atomic E-state index is 9.88. The SMILES string of the molecule is Cc1c[nH]c2c(O)cc3c(c12)C(CCl)C[N]3. The van der Waals surface area contributed by atoms with Gasteiger partial charge in [-0.1, -0.05) is 0 Å². The summed E-state index contributed by atoms with van der Waals surface area (Å²) >= 11 is 5.96. The van der Waals surface area contributed by atoms with Gasteiger partial charge in [-0.3, -0.25) is 5.32 Å². The second-order valence-electron chi connectivity index (χ2n) is 4.24. The third-order valence-corrected chi connectivity index (χ3v) is 3.60. The van der Waals surface area contributed by atoms with Gasteiger partial charge >= 0.3 is 0 Å². The van der Waals surface area contributed by atoms with Crippen LogP contribution in [0.3, 0.4) is 0 Å². The van der Waals surface area contributed by atoms with Crippen LogP contribution in [0.2, 0.25) is 0 Å². The van der Waals surface area contributed by atoms with Gasteiger partial charge < -0.3 is 10.1 Å². The lowest BCUT2D eigenvalue weighted by molar-refractivity contribution is 0.480. The molecular formula is C12H12ClN2O. The summed E-state index contributed by atoms with van der Waals surface area (Å²) in [7, 11) is 0. The van der Waals surface area contributed by atoms with E-state index in [9.17, 15) is 5.11 Å². The molecule has 4 heteroatoms. The van der Waals surface area contributed by atoms with Crippen molar-refractivity contribution in [1.82, 2.24) is 10.3 Å². The van der Waals surface area contributed by atoms with Gasteiger partial charge in [0.2, 0.25) is 0 Å². The van der Waals surface area contributed by atoms with Crippen molar-refractivity contribution >= 4 is 28.2 Å². The number of aromatic hydroxyl groups is 1. The summed E-state index contributed by atoms with van der Waals surface area (Å²) in [5.41, 5.74) is 4.00. The fourth-order valence-corrected chi connectivity index (χ4v) is 2.70. The van der Waals surface area contributed by atoms with Gasteiger partial charge in [-0.25, -0.2) is 0 Å². The van der Waals surface area contributed by atoms with Gasteiger partial charge in [0.25, 0.3) is 0 Å². The van der Waals surface area contributed by atoms with Crippen molar-refractivity contribution in [3.63, 3.8) is 0 Å². The zero-order valence-corrected chi connectivity index (χ0v) is 9.67. The predicted molar refractivity (Wildman–Crippen MR) is 64.8 cm³/mol. The van der Waals surface area contributed by atoms with Gasteiger partial charge in [0.15, 0.2) is 0 Å². The molecule has 1 atom stereocenters. The van der Waals surface area contributed by atoms with Crippen molar-refractivity contribution in [3.8, 4) is 5.75 Å². The lowest BCUT2D eigenvalue weighted by Gasteiger charge is -2.08. The van der Waals surface area contributed by atoms with Crippen molar-refractivity contribution in [2.45, 2.75) is 12.8 Å². The van der Waals surface area contributed by atoms with Crippen molar-refractivity contribution in [2.75, 3.05) is 12.4 Å². The van der Waals surface area contributed by atoms with Gasteiger partial charge in [0.1, 0.15) is 5.75 Å². The molecular weight excluding hydrogens is 224 g/mol. The number of alkyl halides is 1. The minimum Gasteiger partial charge on any atom is -0.506 e. The first-order valence-electron chi connectivity index (χ1n) is 5.29. The van der Waals surface area contributed by atoms with E-state index >= 15 is 0 Å². The minimum atomic E-state index is 0.265. The maximum Gasteiger partial charge on any atom is 0.141 e. The molecule has 0 bridgehead atoms. The molecule has 1 aromatic carbocycles. The highest BCUT2D eigenvalue weighted by molar-refractivity contribution is 6.18. The zero-order valence-electron chi connectivity index (χ0n) is 8.92. The molecule has 2 N–H and O–H groups in total. The summed E-state index contributed by atoms with van der Waals surface area (Å²) < 4.78 is 0. The zero-order chi connectivity index (χ0) is 11.3. The van der Waals surface area contributed by atoms with Gasteiger partial charge in [-0.2, -0.15) is 0 Å². The van der Waals surface area contributed by atoms with E-state index in [2.05, 4.69) is 10.3 Å². The van der Waals surface area contributed by atoms with Crippen LogP contribution in [0, 0.1) is 6.92 Å². The Labute approximate surface area is 98.4 Å². The van der Waals surface area contributed by atoms with Crippen molar-refractivity contribution < 1.29 is 5.11 Å². The van der Waals surface area contributed by atoms with Gasteiger partial charge in [0, 0.05) is 36.0 Å². The molecule has 2 heterocycles. The van der Waals surface area contributed by atoms with E-state index in [-0.39, 0.29) is 11.7 Å². The summed E-state index contributed by atoms with van der Waals surface area (Å²) in [6, 6.07) is 1.72. The number of aromatic nitrogens is 1. The first-order valence-corrected chi connectivity index (χ1v) is 5.83. The molecule has 1 aromatic heterocycles. The average molecular weight is 236 g/mol. The van der Waals surface area contributed by atoms with Gasteiger partial charge in [-0.15, -0.1) is 11.6 Å². The largest absolute Gasteiger partial charge is 0.506 e. The van der Waals surface area contributed by atoms with Crippen molar-refractivity contribution in [3.05, 3.63) is 23.4 Å². The Morgan fingerprint density at radius 2 is 2.44 bits per heavy atom. The number of fused-ring (bicyclic) bond motifs is 3. The van der Waals surface area contributed by atoms with Crippen LogP contribution in [-0.2, 0) is 0 Å². The van der Waals surface area contributed by atoms with E-state index in [1.165, 1.54) is 5.56 Å². The second-order valence-corrected chi connectivity index (χ2v) is 4.55. The van der Waals surface area contributed by atoms with Crippen molar-refractivity contribution in [2.24, 2.45) is 0 Å². The van der Waals surface area contributed by atoms with Crippen LogP contribution >= 0.6 is 11.6 Å². The van der Waals surface area contributed by atoms with E-state index in [0.29, 0.717) is 5.88 Å². The van der Waals surface area contributed by atoms with E-state index < -0.39 is 0 Å². The van der Waals surface area contributed by atoms with Gasteiger partial charge in [-0.05, 0) is 18.1 Å².